The van der Waals surface area contributed by atoms with Gasteiger partial charge in [0.05, 0.1) is 7.11 Å². The van der Waals surface area contributed by atoms with E-state index < -0.39 is 0 Å². The number of halogens is 1. The number of hydrogen-bond donors (Lipinski definition) is 1. The van der Waals surface area contributed by atoms with Gasteiger partial charge < -0.3 is 10.1 Å². The first-order valence-corrected chi connectivity index (χ1v) is 6.15. The Labute approximate surface area is 102 Å². The minimum atomic E-state index is 0.599. The molecular weight excluding hydrogens is 222 g/mol. The fourth-order valence-electron chi connectivity index (χ4n) is 2.23. The van der Waals surface area contributed by atoms with E-state index >= 15 is 0 Å². The van der Waals surface area contributed by atoms with Gasteiger partial charge in [0.2, 0.25) is 0 Å². The van der Waals surface area contributed by atoms with Crippen LogP contribution in [-0.2, 0) is 6.42 Å². The molecule has 0 bridgehead atoms. The lowest BCUT2D eigenvalue weighted by Gasteiger charge is -2.14. The van der Waals surface area contributed by atoms with Gasteiger partial charge in [-0.05, 0) is 56.0 Å². The molecule has 1 atom stereocenters. The number of hydrogen-bond acceptors (Lipinski definition) is 2. The second kappa shape index (κ2) is 5.07. The van der Waals surface area contributed by atoms with Crippen molar-refractivity contribution >= 4 is 11.6 Å². The Hall–Kier alpha value is -0.730. The van der Waals surface area contributed by atoms with E-state index in [1.54, 1.807) is 7.11 Å². The largest absolute Gasteiger partial charge is 0.497 e. The molecule has 2 rings (SSSR count). The maximum atomic E-state index is 6.18. The molecule has 0 spiro atoms. The summed E-state index contributed by atoms with van der Waals surface area (Å²) in [5.41, 5.74) is 2.47. The van der Waals surface area contributed by atoms with Gasteiger partial charge in [-0.1, -0.05) is 11.6 Å². The smallest absolute Gasteiger partial charge is 0.120 e. The minimum Gasteiger partial charge on any atom is -0.497 e. The summed E-state index contributed by atoms with van der Waals surface area (Å²) >= 11 is 6.18. The number of nitrogens with one attached hydrogen (secondary N) is 1. The van der Waals surface area contributed by atoms with Crippen molar-refractivity contribution in [3.8, 4) is 5.75 Å². The van der Waals surface area contributed by atoms with Gasteiger partial charge in [-0.15, -0.1) is 0 Å². The molecule has 1 N–H and O–H groups in total. The highest BCUT2D eigenvalue weighted by atomic mass is 35.5. The molecule has 0 aromatic heterocycles. The zero-order valence-corrected chi connectivity index (χ0v) is 10.6. The first-order chi connectivity index (χ1) is 7.70. The molecule has 2 nitrogen and oxygen atoms in total. The van der Waals surface area contributed by atoms with Gasteiger partial charge in [0.1, 0.15) is 5.75 Å². The van der Waals surface area contributed by atoms with Crippen LogP contribution in [0.4, 0.5) is 0 Å². The van der Waals surface area contributed by atoms with Crippen LogP contribution < -0.4 is 10.1 Å². The molecule has 1 fully saturated rings. The third-order valence-corrected chi connectivity index (χ3v) is 3.68. The lowest BCUT2D eigenvalue weighted by atomic mass is 10.00. The molecular formula is C13H18ClNO. The molecule has 1 heterocycles. The Kier molecular flexibility index (Phi) is 3.72. The second-order valence-corrected chi connectivity index (χ2v) is 4.80. The molecule has 1 unspecified atom stereocenters. The molecule has 1 aliphatic rings. The Morgan fingerprint density at radius 3 is 2.94 bits per heavy atom. The average Bonchev–Trinajstić information content (AvgIpc) is 2.77. The summed E-state index contributed by atoms with van der Waals surface area (Å²) in [6, 6.07) is 4.57. The summed E-state index contributed by atoms with van der Waals surface area (Å²) in [7, 11) is 1.68. The summed E-state index contributed by atoms with van der Waals surface area (Å²) in [6.07, 6.45) is 3.58. The van der Waals surface area contributed by atoms with Crippen LogP contribution in [0.3, 0.4) is 0 Å². The van der Waals surface area contributed by atoms with Gasteiger partial charge >= 0.3 is 0 Å². The third kappa shape index (κ3) is 2.50. The van der Waals surface area contributed by atoms with Gasteiger partial charge in [-0.3, -0.25) is 0 Å². The maximum Gasteiger partial charge on any atom is 0.120 e. The van der Waals surface area contributed by atoms with Crippen molar-refractivity contribution in [2.75, 3.05) is 13.7 Å². The number of methoxy groups -OCH3 is 1. The second-order valence-electron chi connectivity index (χ2n) is 4.39. The van der Waals surface area contributed by atoms with Crippen LogP contribution in [0.15, 0.2) is 12.1 Å². The Balaban J connectivity index is 2.20. The van der Waals surface area contributed by atoms with Crippen LogP contribution in [0, 0.1) is 6.92 Å². The highest BCUT2D eigenvalue weighted by molar-refractivity contribution is 6.31. The highest BCUT2D eigenvalue weighted by Gasteiger charge is 2.16. The molecule has 1 saturated heterocycles. The van der Waals surface area contributed by atoms with Gasteiger partial charge in [-0.25, -0.2) is 0 Å². The van der Waals surface area contributed by atoms with Crippen molar-refractivity contribution in [3.63, 3.8) is 0 Å². The standard InChI is InChI=1S/C13H18ClNO/c1-9-10(6-11-4-3-5-15-11)7-12(16-2)8-13(9)14/h7-8,11,15H,3-6H2,1-2H3. The molecule has 0 aliphatic carbocycles. The van der Waals surface area contributed by atoms with E-state index in [2.05, 4.69) is 18.3 Å². The van der Waals surface area contributed by atoms with Crippen LogP contribution in [0.5, 0.6) is 5.75 Å². The van der Waals surface area contributed by atoms with Gasteiger partial charge in [0, 0.05) is 11.1 Å². The van der Waals surface area contributed by atoms with E-state index in [9.17, 15) is 0 Å². The van der Waals surface area contributed by atoms with E-state index in [4.69, 9.17) is 16.3 Å². The molecule has 16 heavy (non-hydrogen) atoms. The van der Waals surface area contributed by atoms with E-state index in [0.29, 0.717) is 6.04 Å². The quantitative estimate of drug-likeness (QED) is 0.876. The van der Waals surface area contributed by atoms with Crippen molar-refractivity contribution in [1.29, 1.82) is 0 Å². The summed E-state index contributed by atoms with van der Waals surface area (Å²) in [5.74, 6) is 0.851. The van der Waals surface area contributed by atoms with Crippen LogP contribution in [-0.4, -0.2) is 19.7 Å². The van der Waals surface area contributed by atoms with Crippen molar-refractivity contribution in [2.24, 2.45) is 0 Å². The van der Waals surface area contributed by atoms with Crippen molar-refractivity contribution < 1.29 is 4.74 Å². The monoisotopic (exact) mass is 239 g/mol. The predicted octanol–water partition coefficient (Wildman–Crippen LogP) is 2.95. The van der Waals surface area contributed by atoms with Gasteiger partial charge in [0.15, 0.2) is 0 Å². The van der Waals surface area contributed by atoms with Gasteiger partial charge in [0.25, 0.3) is 0 Å². The molecule has 1 aromatic rings. The third-order valence-electron chi connectivity index (χ3n) is 3.29. The zero-order chi connectivity index (χ0) is 11.5. The van der Waals surface area contributed by atoms with E-state index in [0.717, 1.165) is 23.7 Å². The van der Waals surface area contributed by atoms with Crippen LogP contribution in [0.1, 0.15) is 24.0 Å². The summed E-state index contributed by atoms with van der Waals surface area (Å²) in [5, 5.41) is 4.30. The molecule has 0 amide bonds. The summed E-state index contributed by atoms with van der Waals surface area (Å²) in [4.78, 5) is 0. The van der Waals surface area contributed by atoms with Gasteiger partial charge in [-0.2, -0.15) is 0 Å². The Morgan fingerprint density at radius 1 is 1.50 bits per heavy atom. The first kappa shape index (κ1) is 11.7. The molecule has 0 radical (unpaired) electrons. The van der Waals surface area contributed by atoms with E-state index in [1.165, 1.54) is 24.0 Å². The van der Waals surface area contributed by atoms with E-state index in [-0.39, 0.29) is 0 Å². The van der Waals surface area contributed by atoms with Crippen LogP contribution in [0.25, 0.3) is 0 Å². The Bertz CT molecular complexity index is 372. The fourth-order valence-corrected chi connectivity index (χ4v) is 2.46. The molecule has 88 valence electrons. The minimum absolute atomic E-state index is 0.599. The number of rotatable bonds is 3. The number of ether oxygens (including phenoxy) is 1. The zero-order valence-electron chi connectivity index (χ0n) is 9.85. The fraction of sp³-hybridized carbons (Fsp3) is 0.538. The highest BCUT2D eigenvalue weighted by Crippen LogP contribution is 2.27. The SMILES string of the molecule is COc1cc(Cl)c(C)c(CC2CCCN2)c1. The molecule has 1 aromatic carbocycles. The van der Waals surface area contributed by atoms with Crippen molar-refractivity contribution in [2.45, 2.75) is 32.2 Å². The summed E-state index contributed by atoms with van der Waals surface area (Å²) in [6.45, 7) is 3.22. The predicted molar refractivity (Wildman–Crippen MR) is 67.5 cm³/mol. The van der Waals surface area contributed by atoms with Crippen molar-refractivity contribution in [1.82, 2.24) is 5.32 Å². The van der Waals surface area contributed by atoms with E-state index in [1.807, 2.05) is 6.07 Å². The first-order valence-electron chi connectivity index (χ1n) is 5.77. The normalized spacial score (nSPS) is 20.1. The topological polar surface area (TPSA) is 21.3 Å². The van der Waals surface area contributed by atoms with Crippen LogP contribution >= 0.6 is 11.6 Å². The lowest BCUT2D eigenvalue weighted by molar-refractivity contribution is 0.414. The van der Waals surface area contributed by atoms with Crippen LogP contribution in [0.2, 0.25) is 5.02 Å². The lowest BCUT2D eigenvalue weighted by Crippen LogP contribution is -2.24. The van der Waals surface area contributed by atoms with Crippen molar-refractivity contribution in [3.05, 3.63) is 28.3 Å². The number of benzene rings is 1. The average molecular weight is 240 g/mol. The summed E-state index contributed by atoms with van der Waals surface area (Å²) < 4.78 is 5.25. The molecule has 1 aliphatic heterocycles. The molecule has 3 heteroatoms. The maximum absolute atomic E-state index is 6.18. The molecule has 0 saturated carbocycles. The Morgan fingerprint density at radius 2 is 2.31 bits per heavy atom.